The first-order valence-electron chi connectivity index (χ1n) is 3.78. The maximum absolute atomic E-state index is 11.0. The number of imide groups is 1. The van der Waals surface area contributed by atoms with E-state index in [1.807, 2.05) is 5.32 Å². The fraction of sp³-hybridized carbons (Fsp3) is 0.571. The molecule has 1 atom stereocenters. The fourth-order valence-corrected chi connectivity index (χ4v) is 0.695. The monoisotopic (exact) mass is 187 g/mol. The summed E-state index contributed by atoms with van der Waals surface area (Å²) in [5.41, 5.74) is 10.2. The molecule has 6 nitrogen and oxygen atoms in total. The van der Waals surface area contributed by atoms with Gasteiger partial charge >= 0.3 is 0 Å². The predicted molar refractivity (Wildman–Crippen MR) is 45.2 cm³/mol. The highest BCUT2D eigenvalue weighted by Gasteiger charge is 2.14. The summed E-state index contributed by atoms with van der Waals surface area (Å²) >= 11 is 0. The van der Waals surface area contributed by atoms with E-state index in [1.165, 1.54) is 6.92 Å². The molecule has 74 valence electrons. The van der Waals surface area contributed by atoms with Gasteiger partial charge in [0, 0.05) is 13.3 Å². The van der Waals surface area contributed by atoms with Gasteiger partial charge in [-0.05, 0) is 6.42 Å². The van der Waals surface area contributed by atoms with Gasteiger partial charge < -0.3 is 11.5 Å². The zero-order valence-electron chi connectivity index (χ0n) is 7.37. The van der Waals surface area contributed by atoms with Gasteiger partial charge in [-0.15, -0.1) is 0 Å². The second-order valence-electron chi connectivity index (χ2n) is 2.66. The number of hydrogen-bond acceptors (Lipinski definition) is 4. The standard InChI is InChI=1S/C7H13N3O3/c1-4(11)10-7(13)5(8)2-3-6(9)12/h5H,2-3,8H2,1H3,(H2,9,12)(H,10,11,13)/t5-/m0/s1. The van der Waals surface area contributed by atoms with E-state index in [-0.39, 0.29) is 12.8 Å². The third-order valence-electron chi connectivity index (χ3n) is 1.34. The van der Waals surface area contributed by atoms with Crippen LogP contribution in [0, 0.1) is 0 Å². The lowest BCUT2D eigenvalue weighted by molar-refractivity contribution is -0.130. The molecule has 0 saturated heterocycles. The molecular weight excluding hydrogens is 174 g/mol. The van der Waals surface area contributed by atoms with Crippen molar-refractivity contribution in [2.75, 3.05) is 0 Å². The maximum Gasteiger partial charge on any atom is 0.243 e. The summed E-state index contributed by atoms with van der Waals surface area (Å²) in [5, 5.41) is 2.01. The predicted octanol–water partition coefficient (Wildman–Crippen LogP) is -1.76. The van der Waals surface area contributed by atoms with Crippen LogP contribution >= 0.6 is 0 Å². The Morgan fingerprint density at radius 3 is 2.31 bits per heavy atom. The molecule has 5 N–H and O–H groups in total. The van der Waals surface area contributed by atoms with Crippen LogP contribution in [0.3, 0.4) is 0 Å². The minimum absolute atomic E-state index is 0.0342. The Morgan fingerprint density at radius 1 is 1.38 bits per heavy atom. The minimum Gasteiger partial charge on any atom is -0.370 e. The number of hydrogen-bond donors (Lipinski definition) is 3. The van der Waals surface area contributed by atoms with E-state index < -0.39 is 23.8 Å². The van der Waals surface area contributed by atoms with Gasteiger partial charge in [0.05, 0.1) is 6.04 Å². The summed E-state index contributed by atoms with van der Waals surface area (Å²) in [4.78, 5) is 31.7. The third kappa shape index (κ3) is 5.80. The van der Waals surface area contributed by atoms with Crippen molar-refractivity contribution in [2.45, 2.75) is 25.8 Å². The van der Waals surface area contributed by atoms with E-state index in [4.69, 9.17) is 11.5 Å². The normalized spacial score (nSPS) is 11.8. The quantitative estimate of drug-likeness (QED) is 0.483. The summed E-state index contributed by atoms with van der Waals surface area (Å²) in [6, 6.07) is -0.864. The molecule has 13 heavy (non-hydrogen) atoms. The zero-order chi connectivity index (χ0) is 10.4. The molecule has 0 aliphatic heterocycles. The van der Waals surface area contributed by atoms with Crippen molar-refractivity contribution in [1.82, 2.24) is 5.32 Å². The first-order chi connectivity index (χ1) is 5.93. The van der Waals surface area contributed by atoms with Crippen LogP contribution in [0.2, 0.25) is 0 Å². The molecule has 0 aliphatic carbocycles. The molecule has 6 heteroatoms. The first kappa shape index (κ1) is 11.6. The first-order valence-corrected chi connectivity index (χ1v) is 3.78. The summed E-state index contributed by atoms with van der Waals surface area (Å²) in [6.45, 7) is 1.21. The molecule has 0 aromatic carbocycles. The van der Waals surface area contributed by atoms with Crippen LogP contribution < -0.4 is 16.8 Å². The molecule has 0 rings (SSSR count). The Morgan fingerprint density at radius 2 is 1.92 bits per heavy atom. The van der Waals surface area contributed by atoms with Crippen LogP contribution in [-0.4, -0.2) is 23.8 Å². The molecule has 0 aromatic rings. The molecule has 0 aliphatic rings. The summed E-state index contributed by atoms with van der Waals surface area (Å²) in [5.74, 6) is -1.58. The number of nitrogens with two attached hydrogens (primary N) is 2. The lowest BCUT2D eigenvalue weighted by Crippen LogP contribution is -2.42. The number of carbonyl (C=O) groups excluding carboxylic acids is 3. The molecule has 0 unspecified atom stereocenters. The van der Waals surface area contributed by atoms with E-state index in [1.54, 1.807) is 0 Å². The molecule has 3 amide bonds. The molecule has 0 bridgehead atoms. The van der Waals surface area contributed by atoms with E-state index in [2.05, 4.69) is 0 Å². The molecular formula is C7H13N3O3. The van der Waals surface area contributed by atoms with Gasteiger partial charge in [-0.1, -0.05) is 0 Å². The van der Waals surface area contributed by atoms with Crippen molar-refractivity contribution in [3.05, 3.63) is 0 Å². The van der Waals surface area contributed by atoms with E-state index in [0.717, 1.165) is 0 Å². The van der Waals surface area contributed by atoms with Gasteiger partial charge in [0.25, 0.3) is 0 Å². The van der Waals surface area contributed by atoms with Crippen LogP contribution in [0.15, 0.2) is 0 Å². The van der Waals surface area contributed by atoms with Crippen LogP contribution in [0.1, 0.15) is 19.8 Å². The van der Waals surface area contributed by atoms with Crippen LogP contribution in [0.4, 0.5) is 0 Å². The highest BCUT2D eigenvalue weighted by Crippen LogP contribution is 1.93. The van der Waals surface area contributed by atoms with Gasteiger partial charge in [0.2, 0.25) is 17.7 Å². The Bertz CT molecular complexity index is 227. The summed E-state index contributed by atoms with van der Waals surface area (Å²) in [7, 11) is 0. The second-order valence-corrected chi connectivity index (χ2v) is 2.66. The number of rotatable bonds is 4. The lowest BCUT2D eigenvalue weighted by Gasteiger charge is -2.08. The fourth-order valence-electron chi connectivity index (χ4n) is 0.695. The number of nitrogens with one attached hydrogen (secondary N) is 1. The Kier molecular flexibility index (Phi) is 4.68. The van der Waals surface area contributed by atoms with E-state index in [9.17, 15) is 14.4 Å². The summed E-state index contributed by atoms with van der Waals surface area (Å²) < 4.78 is 0. The average molecular weight is 187 g/mol. The average Bonchev–Trinajstić information content (AvgIpc) is 1.98. The summed E-state index contributed by atoms with van der Waals surface area (Å²) in [6.07, 6.45) is 0.181. The largest absolute Gasteiger partial charge is 0.370 e. The van der Waals surface area contributed by atoms with Gasteiger partial charge in [-0.3, -0.25) is 19.7 Å². The van der Waals surface area contributed by atoms with E-state index >= 15 is 0 Å². The van der Waals surface area contributed by atoms with Gasteiger partial charge in [-0.25, -0.2) is 0 Å². The second kappa shape index (κ2) is 5.26. The zero-order valence-corrected chi connectivity index (χ0v) is 7.37. The van der Waals surface area contributed by atoms with Gasteiger partial charge in [0.1, 0.15) is 0 Å². The third-order valence-corrected chi connectivity index (χ3v) is 1.34. The molecule has 0 heterocycles. The van der Waals surface area contributed by atoms with Crippen molar-refractivity contribution < 1.29 is 14.4 Å². The number of amides is 3. The molecule has 0 saturated carbocycles. The highest BCUT2D eigenvalue weighted by atomic mass is 16.2. The topological polar surface area (TPSA) is 115 Å². The SMILES string of the molecule is CC(=O)NC(=O)[C@@H](N)CCC(N)=O. The molecule has 0 fully saturated rings. The van der Waals surface area contributed by atoms with Crippen molar-refractivity contribution in [3.63, 3.8) is 0 Å². The number of primary amides is 1. The Hall–Kier alpha value is -1.43. The minimum atomic E-state index is -0.864. The Labute approximate surface area is 75.6 Å². The van der Waals surface area contributed by atoms with Gasteiger partial charge in [-0.2, -0.15) is 0 Å². The van der Waals surface area contributed by atoms with Crippen molar-refractivity contribution in [3.8, 4) is 0 Å². The van der Waals surface area contributed by atoms with Crippen LogP contribution in [0.25, 0.3) is 0 Å². The van der Waals surface area contributed by atoms with Gasteiger partial charge in [0.15, 0.2) is 0 Å². The smallest absolute Gasteiger partial charge is 0.243 e. The number of carbonyl (C=O) groups is 3. The Balaban J connectivity index is 3.82. The maximum atomic E-state index is 11.0. The van der Waals surface area contributed by atoms with Crippen molar-refractivity contribution >= 4 is 17.7 Å². The van der Waals surface area contributed by atoms with E-state index in [0.29, 0.717) is 0 Å². The highest BCUT2D eigenvalue weighted by molar-refractivity contribution is 5.96. The molecule has 0 aromatic heterocycles. The van der Waals surface area contributed by atoms with Crippen molar-refractivity contribution in [2.24, 2.45) is 11.5 Å². The molecule has 0 radical (unpaired) electrons. The van der Waals surface area contributed by atoms with Crippen LogP contribution in [0.5, 0.6) is 0 Å². The molecule has 0 spiro atoms. The van der Waals surface area contributed by atoms with Crippen molar-refractivity contribution in [1.29, 1.82) is 0 Å². The lowest BCUT2D eigenvalue weighted by atomic mass is 10.1. The van der Waals surface area contributed by atoms with Crippen LogP contribution in [-0.2, 0) is 14.4 Å².